The van der Waals surface area contributed by atoms with Gasteiger partial charge in [0.05, 0.1) is 5.56 Å². The Labute approximate surface area is 113 Å². The highest BCUT2D eigenvalue weighted by Crippen LogP contribution is 2.27. The molecule has 0 bridgehead atoms. The van der Waals surface area contributed by atoms with Gasteiger partial charge in [0.15, 0.2) is 6.29 Å². The van der Waals surface area contributed by atoms with Crippen LogP contribution in [0.5, 0.6) is 0 Å². The molecule has 0 aliphatic heterocycles. The average molecular weight is 270 g/mol. The van der Waals surface area contributed by atoms with Crippen molar-refractivity contribution in [2.24, 2.45) is 11.3 Å². The first-order chi connectivity index (χ1) is 8.27. The Bertz CT molecular complexity index is 444. The average Bonchev–Trinajstić information content (AvgIpc) is 2.25. The van der Waals surface area contributed by atoms with E-state index in [-0.39, 0.29) is 10.6 Å². The number of halogens is 1. The van der Waals surface area contributed by atoms with Crippen molar-refractivity contribution >= 4 is 23.7 Å². The Kier molecular flexibility index (Phi) is 4.68. The van der Waals surface area contributed by atoms with Crippen LogP contribution in [0.3, 0.4) is 0 Å². The van der Waals surface area contributed by atoms with Crippen LogP contribution in [0.25, 0.3) is 0 Å². The maximum absolute atomic E-state index is 11.0. The first kappa shape index (κ1) is 14.9. The van der Waals surface area contributed by atoms with E-state index in [0.29, 0.717) is 29.4 Å². The van der Waals surface area contributed by atoms with Gasteiger partial charge in [-0.15, -0.1) is 0 Å². The van der Waals surface area contributed by atoms with Crippen LogP contribution in [0.2, 0.25) is 5.15 Å². The van der Waals surface area contributed by atoms with Crippen molar-refractivity contribution < 1.29 is 4.79 Å². The fraction of sp³-hybridized carbons (Fsp3) is 0.615. The zero-order valence-corrected chi connectivity index (χ0v) is 12.3. The van der Waals surface area contributed by atoms with Crippen LogP contribution in [-0.2, 0) is 0 Å². The van der Waals surface area contributed by atoms with Gasteiger partial charge in [0, 0.05) is 6.54 Å². The maximum atomic E-state index is 11.0. The first-order valence-electron chi connectivity index (χ1n) is 6.01. The fourth-order valence-corrected chi connectivity index (χ4v) is 1.56. The molecule has 0 atom stereocenters. The lowest BCUT2D eigenvalue weighted by Gasteiger charge is -2.29. The Hall–Kier alpha value is -1.16. The van der Waals surface area contributed by atoms with Crippen LogP contribution in [0.1, 0.15) is 43.9 Å². The minimum atomic E-state index is 0.103. The van der Waals surface area contributed by atoms with E-state index in [0.717, 1.165) is 6.54 Å². The van der Waals surface area contributed by atoms with Gasteiger partial charge < -0.3 is 5.32 Å². The second kappa shape index (κ2) is 5.65. The molecule has 0 saturated carbocycles. The maximum Gasteiger partial charge on any atom is 0.156 e. The van der Waals surface area contributed by atoms with Crippen LogP contribution in [0.15, 0.2) is 0 Å². The topological polar surface area (TPSA) is 54.9 Å². The molecule has 1 rings (SSSR count). The van der Waals surface area contributed by atoms with E-state index in [1.165, 1.54) is 0 Å². The molecule has 0 fully saturated rings. The van der Waals surface area contributed by atoms with E-state index < -0.39 is 0 Å². The highest BCUT2D eigenvalue weighted by atomic mass is 35.5. The summed E-state index contributed by atoms with van der Waals surface area (Å²) in [5.41, 5.74) is 0.424. The predicted molar refractivity (Wildman–Crippen MR) is 74.3 cm³/mol. The molecule has 0 unspecified atom stereocenters. The van der Waals surface area contributed by atoms with Crippen molar-refractivity contribution in [3.8, 4) is 0 Å². The predicted octanol–water partition coefficient (Wildman–Crippen LogP) is 3.35. The second-order valence-corrected chi connectivity index (χ2v) is 5.80. The smallest absolute Gasteiger partial charge is 0.156 e. The molecule has 18 heavy (non-hydrogen) atoms. The number of nitrogens with one attached hydrogen (secondary N) is 1. The number of hydrogen-bond donors (Lipinski definition) is 1. The number of rotatable bonds is 5. The number of aldehydes is 1. The van der Waals surface area contributed by atoms with Crippen molar-refractivity contribution in [3.63, 3.8) is 0 Å². The molecule has 5 heteroatoms. The van der Waals surface area contributed by atoms with Gasteiger partial charge in [-0.25, -0.2) is 9.97 Å². The molecule has 1 aromatic heterocycles. The van der Waals surface area contributed by atoms with E-state index in [4.69, 9.17) is 11.6 Å². The molecule has 100 valence electrons. The molecule has 0 amide bonds. The van der Waals surface area contributed by atoms with Crippen LogP contribution >= 0.6 is 11.6 Å². The Morgan fingerprint density at radius 1 is 1.39 bits per heavy atom. The van der Waals surface area contributed by atoms with Crippen LogP contribution in [-0.4, -0.2) is 22.8 Å². The highest BCUT2D eigenvalue weighted by molar-refractivity contribution is 6.32. The van der Waals surface area contributed by atoms with Gasteiger partial charge in [-0.1, -0.05) is 39.3 Å². The molecule has 4 nitrogen and oxygen atoms in total. The quantitative estimate of drug-likeness (QED) is 0.658. The van der Waals surface area contributed by atoms with Crippen LogP contribution in [0.4, 0.5) is 5.82 Å². The molecular weight excluding hydrogens is 250 g/mol. The lowest BCUT2D eigenvalue weighted by molar-refractivity contribution is 0.112. The van der Waals surface area contributed by atoms with Gasteiger partial charge in [0.25, 0.3) is 0 Å². The van der Waals surface area contributed by atoms with Gasteiger partial charge in [-0.3, -0.25) is 4.79 Å². The molecule has 0 saturated heterocycles. The van der Waals surface area contributed by atoms with Crippen molar-refractivity contribution in [2.75, 3.05) is 11.9 Å². The summed E-state index contributed by atoms with van der Waals surface area (Å²) < 4.78 is 0. The number of aromatic nitrogens is 2. The van der Waals surface area contributed by atoms with Crippen LogP contribution in [0, 0.1) is 18.3 Å². The summed E-state index contributed by atoms with van der Waals surface area (Å²) in [6.45, 7) is 11.1. The zero-order chi connectivity index (χ0) is 13.9. The van der Waals surface area contributed by atoms with Crippen molar-refractivity contribution in [1.29, 1.82) is 0 Å². The molecule has 0 aromatic carbocycles. The number of hydrogen-bond acceptors (Lipinski definition) is 4. The Morgan fingerprint density at radius 2 is 2.00 bits per heavy atom. The van der Waals surface area contributed by atoms with Crippen molar-refractivity contribution in [1.82, 2.24) is 9.97 Å². The highest BCUT2D eigenvalue weighted by Gasteiger charge is 2.23. The summed E-state index contributed by atoms with van der Waals surface area (Å²) in [6, 6.07) is 0. The molecule has 1 aromatic rings. The number of carbonyl (C=O) groups is 1. The van der Waals surface area contributed by atoms with Crippen molar-refractivity contribution in [2.45, 2.75) is 34.6 Å². The van der Waals surface area contributed by atoms with E-state index >= 15 is 0 Å². The van der Waals surface area contributed by atoms with Crippen molar-refractivity contribution in [3.05, 3.63) is 16.5 Å². The minimum Gasteiger partial charge on any atom is -0.369 e. The molecule has 0 radical (unpaired) electrons. The van der Waals surface area contributed by atoms with E-state index in [2.05, 4.69) is 43.0 Å². The number of nitrogens with zero attached hydrogens (tertiary/aromatic N) is 2. The molecule has 1 heterocycles. The summed E-state index contributed by atoms with van der Waals surface area (Å²) >= 11 is 5.92. The third-order valence-electron chi connectivity index (χ3n) is 3.40. The van der Waals surface area contributed by atoms with Crippen LogP contribution < -0.4 is 5.32 Å². The van der Waals surface area contributed by atoms with E-state index in [1.54, 1.807) is 6.92 Å². The zero-order valence-electron chi connectivity index (χ0n) is 11.5. The van der Waals surface area contributed by atoms with Gasteiger partial charge >= 0.3 is 0 Å². The summed E-state index contributed by atoms with van der Waals surface area (Å²) in [6.07, 6.45) is 0.687. The van der Waals surface area contributed by atoms with Gasteiger partial charge in [0.2, 0.25) is 0 Å². The summed E-state index contributed by atoms with van der Waals surface area (Å²) in [5.74, 6) is 1.58. The summed E-state index contributed by atoms with van der Waals surface area (Å²) in [7, 11) is 0. The molecule has 0 aliphatic carbocycles. The second-order valence-electron chi connectivity index (χ2n) is 5.44. The normalized spacial score (nSPS) is 11.7. The summed E-state index contributed by atoms with van der Waals surface area (Å²) in [5, 5.41) is 3.40. The molecular formula is C13H20ClN3O. The lowest BCUT2D eigenvalue weighted by atomic mass is 9.81. The molecule has 0 spiro atoms. The fourth-order valence-electron chi connectivity index (χ4n) is 1.30. The lowest BCUT2D eigenvalue weighted by Crippen LogP contribution is -2.29. The molecule has 0 aliphatic rings. The third kappa shape index (κ3) is 3.42. The SMILES string of the molecule is Cc1nc(Cl)c(C=O)c(NCC(C)(C)C(C)C)n1. The van der Waals surface area contributed by atoms with Gasteiger partial charge in [0.1, 0.15) is 16.8 Å². The van der Waals surface area contributed by atoms with Gasteiger partial charge in [-0.2, -0.15) is 0 Å². The monoisotopic (exact) mass is 269 g/mol. The third-order valence-corrected chi connectivity index (χ3v) is 3.69. The first-order valence-corrected chi connectivity index (χ1v) is 6.39. The Morgan fingerprint density at radius 3 is 2.50 bits per heavy atom. The largest absolute Gasteiger partial charge is 0.369 e. The summed E-state index contributed by atoms with van der Waals surface area (Å²) in [4.78, 5) is 19.2. The van der Waals surface area contributed by atoms with E-state index in [1.807, 2.05) is 0 Å². The van der Waals surface area contributed by atoms with Gasteiger partial charge in [-0.05, 0) is 18.3 Å². The number of anilines is 1. The standard InChI is InChI=1S/C13H20ClN3O/c1-8(2)13(4,5)7-15-12-10(6-18)11(14)16-9(3)17-12/h6,8H,7H2,1-5H3,(H,15,16,17). The Balaban J connectivity index is 2.94. The molecule has 1 N–H and O–H groups in total. The van der Waals surface area contributed by atoms with E-state index in [9.17, 15) is 4.79 Å². The number of carbonyl (C=O) groups excluding carboxylic acids is 1. The minimum absolute atomic E-state index is 0.103. The number of aryl methyl sites for hydroxylation is 1.